The second-order valence-electron chi connectivity index (χ2n) is 2.05. The highest BCUT2D eigenvalue weighted by Gasteiger charge is 1.95. The van der Waals surface area contributed by atoms with Gasteiger partial charge in [-0.3, -0.25) is 0 Å². The molecule has 0 bridgehead atoms. The van der Waals surface area contributed by atoms with Crippen LogP contribution in [0.2, 0.25) is 0 Å². The summed E-state index contributed by atoms with van der Waals surface area (Å²) in [5.74, 6) is -0.0975. The van der Waals surface area contributed by atoms with E-state index >= 15 is 0 Å². The Morgan fingerprint density at radius 3 is 2.36 bits per heavy atom. The van der Waals surface area contributed by atoms with Crippen molar-refractivity contribution < 1.29 is 17.2 Å². The fourth-order valence-electron chi connectivity index (χ4n) is 0.393. The van der Waals surface area contributed by atoms with E-state index in [-0.39, 0.29) is 11.5 Å². The average Bonchev–Trinajstić information content (AvgIpc) is 1.78. The lowest BCUT2D eigenvalue weighted by Gasteiger charge is -1.88. The third kappa shape index (κ3) is 9.80. The minimum atomic E-state index is -2.99. The Morgan fingerprint density at radius 1 is 1.45 bits per heavy atom. The van der Waals surface area contributed by atoms with Gasteiger partial charge < -0.3 is 4.55 Å². The molecule has 0 aromatic rings. The maximum absolute atomic E-state index is 10.5. The van der Waals surface area contributed by atoms with Crippen molar-refractivity contribution in [2.45, 2.75) is 0 Å². The van der Waals surface area contributed by atoms with E-state index in [4.69, 9.17) is 4.55 Å². The predicted molar refractivity (Wildman–Crippen MR) is 44.5 cm³/mol. The molecule has 11 heavy (non-hydrogen) atoms. The van der Waals surface area contributed by atoms with Crippen LogP contribution in [0.25, 0.3) is 0 Å². The van der Waals surface area contributed by atoms with Crippen molar-refractivity contribution in [3.63, 3.8) is 0 Å². The van der Waals surface area contributed by atoms with Gasteiger partial charge in [0.2, 0.25) is 0 Å². The van der Waals surface area contributed by atoms with Crippen molar-refractivity contribution in [3.8, 4) is 0 Å². The van der Waals surface area contributed by atoms with E-state index in [1.807, 2.05) is 0 Å². The van der Waals surface area contributed by atoms with Crippen LogP contribution >= 0.6 is 0 Å². The second-order valence-corrected chi connectivity index (χ2v) is 5.21. The molecule has 1 unspecified atom stereocenters. The minimum absolute atomic E-state index is 0.0183. The van der Waals surface area contributed by atoms with Gasteiger partial charge in [0.05, 0.1) is 11.5 Å². The standard InChI is InChI=1S/C5H10O4S2/c1-11(8,9)5-3-2-4-10(6)7/h2-3H,4-5H2,1H3,(H,6,7)/b3-2+. The summed E-state index contributed by atoms with van der Waals surface area (Å²) < 4.78 is 39.3. The Hall–Kier alpha value is -0.200. The zero-order valence-electron chi connectivity index (χ0n) is 6.06. The lowest BCUT2D eigenvalue weighted by molar-refractivity contribution is 0.567. The molecule has 0 heterocycles. The monoisotopic (exact) mass is 198 g/mol. The van der Waals surface area contributed by atoms with Crippen LogP contribution in [0, 0.1) is 0 Å². The molecule has 0 aromatic carbocycles. The molecule has 6 heteroatoms. The van der Waals surface area contributed by atoms with Crippen molar-refractivity contribution in [1.29, 1.82) is 0 Å². The topological polar surface area (TPSA) is 71.4 Å². The van der Waals surface area contributed by atoms with Gasteiger partial charge in [0, 0.05) is 6.26 Å². The molecule has 1 atom stereocenters. The minimum Gasteiger partial charge on any atom is -0.306 e. The van der Waals surface area contributed by atoms with Crippen molar-refractivity contribution in [2.75, 3.05) is 17.8 Å². The van der Waals surface area contributed by atoms with E-state index < -0.39 is 20.9 Å². The summed E-state index contributed by atoms with van der Waals surface area (Å²) >= 11 is -1.88. The molecule has 1 N–H and O–H groups in total. The van der Waals surface area contributed by atoms with Crippen molar-refractivity contribution in [1.82, 2.24) is 0 Å². The Balaban J connectivity index is 3.71. The molecule has 0 rings (SSSR count). The van der Waals surface area contributed by atoms with Gasteiger partial charge in [0.15, 0.2) is 20.9 Å². The Bertz CT molecular complexity index is 252. The van der Waals surface area contributed by atoms with E-state index in [0.717, 1.165) is 6.26 Å². The second kappa shape index (κ2) is 4.63. The maximum atomic E-state index is 10.5. The lowest BCUT2D eigenvalue weighted by atomic mass is 10.6. The Morgan fingerprint density at radius 2 is 2.00 bits per heavy atom. The van der Waals surface area contributed by atoms with E-state index in [1.165, 1.54) is 12.2 Å². The fraction of sp³-hybridized carbons (Fsp3) is 0.600. The summed E-state index contributed by atoms with van der Waals surface area (Å²) in [4.78, 5) is 0. The maximum Gasteiger partial charge on any atom is 0.156 e. The molecule has 0 saturated carbocycles. The van der Waals surface area contributed by atoms with Gasteiger partial charge in [-0.2, -0.15) is 0 Å². The molecule has 4 nitrogen and oxygen atoms in total. The van der Waals surface area contributed by atoms with Gasteiger partial charge >= 0.3 is 0 Å². The smallest absolute Gasteiger partial charge is 0.156 e. The largest absolute Gasteiger partial charge is 0.306 e. The SMILES string of the molecule is CS(=O)(=O)C/C=C/CS(=O)O. The normalized spacial score (nSPS) is 15.5. The molecular formula is C5H10O4S2. The zero-order chi connectivity index (χ0) is 8.91. The average molecular weight is 198 g/mol. The van der Waals surface area contributed by atoms with Gasteiger partial charge in [-0.05, 0) is 0 Å². The number of hydrogen-bond donors (Lipinski definition) is 1. The highest BCUT2D eigenvalue weighted by Crippen LogP contribution is 1.85. The molecule has 0 aliphatic rings. The molecule has 66 valence electrons. The molecule has 0 radical (unpaired) electrons. The van der Waals surface area contributed by atoms with E-state index in [1.54, 1.807) is 0 Å². The van der Waals surface area contributed by atoms with E-state index in [2.05, 4.69) is 0 Å². The third-order valence-electron chi connectivity index (χ3n) is 0.804. The number of hydrogen-bond acceptors (Lipinski definition) is 3. The molecule has 0 aliphatic heterocycles. The van der Waals surface area contributed by atoms with Gasteiger partial charge in [-0.25, -0.2) is 12.6 Å². The molecule has 0 aliphatic carbocycles. The van der Waals surface area contributed by atoms with Gasteiger partial charge in [-0.1, -0.05) is 12.2 Å². The first-order valence-electron chi connectivity index (χ1n) is 2.82. The highest BCUT2D eigenvalue weighted by molar-refractivity contribution is 7.90. The molecule has 0 saturated heterocycles. The van der Waals surface area contributed by atoms with Crippen molar-refractivity contribution in [3.05, 3.63) is 12.2 Å². The first-order chi connectivity index (χ1) is 4.92. The fourth-order valence-corrected chi connectivity index (χ4v) is 1.18. The van der Waals surface area contributed by atoms with Crippen LogP contribution in [0.1, 0.15) is 0 Å². The summed E-state index contributed by atoms with van der Waals surface area (Å²) in [5, 5.41) is 0. The summed E-state index contributed by atoms with van der Waals surface area (Å²) in [6.07, 6.45) is 3.84. The summed E-state index contributed by atoms with van der Waals surface area (Å²) in [5.41, 5.74) is 0. The van der Waals surface area contributed by atoms with Crippen molar-refractivity contribution in [2.24, 2.45) is 0 Å². The predicted octanol–water partition coefficient (Wildman–Crippen LogP) is -0.191. The van der Waals surface area contributed by atoms with Crippen LogP contribution in [0.5, 0.6) is 0 Å². The molecule has 0 fully saturated rings. The van der Waals surface area contributed by atoms with Crippen molar-refractivity contribution >= 4 is 20.9 Å². The first-order valence-corrected chi connectivity index (χ1v) is 6.15. The lowest BCUT2D eigenvalue weighted by Crippen LogP contribution is -2.00. The van der Waals surface area contributed by atoms with Crippen LogP contribution in [-0.4, -0.2) is 34.9 Å². The number of sulfone groups is 1. The van der Waals surface area contributed by atoms with Crippen LogP contribution < -0.4 is 0 Å². The molecule has 0 spiro atoms. The van der Waals surface area contributed by atoms with Gasteiger partial charge in [-0.15, -0.1) is 0 Å². The van der Waals surface area contributed by atoms with Crippen LogP contribution in [0.4, 0.5) is 0 Å². The molecule has 0 amide bonds. The summed E-state index contributed by atoms with van der Waals surface area (Å²) in [6, 6.07) is 0. The van der Waals surface area contributed by atoms with Gasteiger partial charge in [0.25, 0.3) is 0 Å². The third-order valence-corrected chi connectivity index (χ3v) is 2.08. The van der Waals surface area contributed by atoms with Crippen LogP contribution in [0.15, 0.2) is 12.2 Å². The number of rotatable bonds is 4. The Kier molecular flexibility index (Phi) is 4.55. The Labute approximate surface area is 68.5 Å². The van der Waals surface area contributed by atoms with E-state index in [9.17, 15) is 12.6 Å². The van der Waals surface area contributed by atoms with E-state index in [0.29, 0.717) is 0 Å². The van der Waals surface area contributed by atoms with Crippen LogP contribution in [0.3, 0.4) is 0 Å². The quantitative estimate of drug-likeness (QED) is 0.502. The summed E-state index contributed by atoms with van der Waals surface area (Å²) in [7, 11) is -2.99. The van der Waals surface area contributed by atoms with Gasteiger partial charge in [0.1, 0.15) is 0 Å². The highest BCUT2D eigenvalue weighted by atomic mass is 32.2. The molecular weight excluding hydrogens is 188 g/mol. The molecule has 0 aromatic heterocycles. The summed E-state index contributed by atoms with van der Waals surface area (Å²) in [6.45, 7) is 0. The zero-order valence-corrected chi connectivity index (χ0v) is 7.69. The first kappa shape index (κ1) is 10.8. The van der Waals surface area contributed by atoms with Crippen LogP contribution in [-0.2, 0) is 20.9 Å².